The molecule has 162 valence electrons. The molecule has 1 amide bonds. The fraction of sp³-hybridized carbons (Fsp3) is 0.120. The molecule has 0 unspecified atom stereocenters. The van der Waals surface area contributed by atoms with Crippen molar-refractivity contribution in [2.24, 2.45) is 0 Å². The quantitative estimate of drug-likeness (QED) is 0.218. The van der Waals surface area contributed by atoms with E-state index >= 15 is 0 Å². The topological polar surface area (TPSA) is 38.8 Å². The van der Waals surface area contributed by atoms with Crippen molar-refractivity contribution in [1.82, 2.24) is 0 Å². The number of ether oxygens (including phenoxy) is 2. The van der Waals surface area contributed by atoms with Gasteiger partial charge in [-0.2, -0.15) is 0 Å². The van der Waals surface area contributed by atoms with E-state index in [2.05, 4.69) is 0 Å². The summed E-state index contributed by atoms with van der Waals surface area (Å²) in [4.78, 5) is 15.0. The van der Waals surface area contributed by atoms with Gasteiger partial charge in [0.15, 0.2) is 4.32 Å². The molecule has 1 aliphatic heterocycles. The minimum absolute atomic E-state index is 0.143. The fourth-order valence-electron chi connectivity index (χ4n) is 3.16. The van der Waals surface area contributed by atoms with Gasteiger partial charge in [0.25, 0.3) is 5.91 Å². The normalized spacial score (nSPS) is 14.8. The van der Waals surface area contributed by atoms with Crippen LogP contribution in [-0.4, -0.2) is 23.4 Å². The summed E-state index contributed by atoms with van der Waals surface area (Å²) in [5, 5.41) is 0.466. The third-order valence-electron chi connectivity index (χ3n) is 4.66. The van der Waals surface area contributed by atoms with E-state index in [1.165, 1.54) is 11.8 Å². The maximum Gasteiger partial charge on any atom is 0.270 e. The first-order chi connectivity index (χ1) is 15.5. The number of aryl methyl sites for hydroxylation is 1. The fourth-order valence-corrected chi connectivity index (χ4v) is 4.70. The summed E-state index contributed by atoms with van der Waals surface area (Å²) < 4.78 is 11.9. The van der Waals surface area contributed by atoms with Crippen molar-refractivity contribution >= 4 is 57.6 Å². The molecule has 1 aliphatic rings. The second-order valence-corrected chi connectivity index (χ2v) is 9.14. The molecule has 0 saturated carbocycles. The predicted octanol–water partition coefficient (Wildman–Crippen LogP) is 6.51. The Hall–Kier alpha value is -2.80. The van der Waals surface area contributed by atoms with Gasteiger partial charge in [0, 0.05) is 0 Å². The van der Waals surface area contributed by atoms with Crippen LogP contribution in [0.4, 0.5) is 5.69 Å². The Balaban J connectivity index is 1.38. The zero-order valence-electron chi connectivity index (χ0n) is 17.3. The minimum Gasteiger partial charge on any atom is -0.490 e. The highest BCUT2D eigenvalue weighted by Gasteiger charge is 2.33. The number of anilines is 1. The van der Waals surface area contributed by atoms with Gasteiger partial charge in [-0.25, -0.2) is 0 Å². The van der Waals surface area contributed by atoms with Crippen LogP contribution in [0.1, 0.15) is 11.1 Å². The molecule has 1 saturated heterocycles. The van der Waals surface area contributed by atoms with Crippen molar-refractivity contribution < 1.29 is 14.3 Å². The number of thiocarbonyl (C=S) groups is 1. The van der Waals surface area contributed by atoms with Gasteiger partial charge in [0.1, 0.15) is 24.7 Å². The second-order valence-electron chi connectivity index (χ2n) is 7.06. The summed E-state index contributed by atoms with van der Waals surface area (Å²) >= 11 is 13.1. The molecule has 4 nitrogen and oxygen atoms in total. The molecular formula is C25H20ClNO3S2. The first-order valence-corrected chi connectivity index (χ1v) is 11.6. The summed E-state index contributed by atoms with van der Waals surface area (Å²) in [7, 11) is 0. The van der Waals surface area contributed by atoms with Crippen molar-refractivity contribution in [3.8, 4) is 11.5 Å². The molecular weight excluding hydrogens is 462 g/mol. The van der Waals surface area contributed by atoms with Gasteiger partial charge in [0.2, 0.25) is 0 Å². The molecule has 1 fully saturated rings. The molecule has 1 heterocycles. The van der Waals surface area contributed by atoms with E-state index in [9.17, 15) is 4.79 Å². The largest absolute Gasteiger partial charge is 0.490 e. The molecule has 7 heteroatoms. The lowest BCUT2D eigenvalue weighted by atomic mass is 10.2. The molecule has 0 radical (unpaired) electrons. The standard InChI is InChI=1S/C25H20ClNO3S2/c1-17-6-5-9-20(14-17)29-12-13-30-22-11-10-18(15-21(22)26)16-23-24(28)27(25(31)32-23)19-7-3-2-4-8-19/h2-11,14-16H,12-13H2,1H3. The van der Waals surface area contributed by atoms with Crippen molar-refractivity contribution in [3.05, 3.63) is 93.9 Å². The number of para-hydroxylation sites is 1. The van der Waals surface area contributed by atoms with Gasteiger partial charge in [-0.3, -0.25) is 9.69 Å². The Labute approximate surface area is 201 Å². The molecule has 3 aromatic rings. The van der Waals surface area contributed by atoms with Crippen LogP contribution in [-0.2, 0) is 4.79 Å². The molecule has 3 aromatic carbocycles. The second kappa shape index (κ2) is 10.2. The molecule has 32 heavy (non-hydrogen) atoms. The summed E-state index contributed by atoms with van der Waals surface area (Å²) in [6.07, 6.45) is 1.79. The molecule has 0 aliphatic carbocycles. The number of thioether (sulfide) groups is 1. The number of hydrogen-bond donors (Lipinski definition) is 0. The lowest BCUT2D eigenvalue weighted by Crippen LogP contribution is -2.27. The summed E-state index contributed by atoms with van der Waals surface area (Å²) in [6.45, 7) is 2.79. The van der Waals surface area contributed by atoms with Gasteiger partial charge in [-0.15, -0.1) is 0 Å². The van der Waals surface area contributed by atoms with E-state index in [1.807, 2.05) is 67.6 Å². The summed E-state index contributed by atoms with van der Waals surface area (Å²) in [6, 6.07) is 22.7. The number of nitrogens with zero attached hydrogens (tertiary/aromatic N) is 1. The SMILES string of the molecule is Cc1cccc(OCCOc2ccc(C=C3SC(=S)N(c4ccccc4)C3=O)cc2Cl)c1. The lowest BCUT2D eigenvalue weighted by molar-refractivity contribution is -0.113. The maximum absolute atomic E-state index is 12.9. The Kier molecular flexibility index (Phi) is 7.15. The van der Waals surface area contributed by atoms with E-state index in [0.717, 1.165) is 22.6 Å². The molecule has 0 spiro atoms. The summed E-state index contributed by atoms with van der Waals surface area (Å²) in [5.74, 6) is 1.23. The van der Waals surface area contributed by atoms with Gasteiger partial charge in [-0.05, 0) is 60.5 Å². The first kappa shape index (κ1) is 22.4. The first-order valence-electron chi connectivity index (χ1n) is 9.96. The number of rotatable bonds is 7. The molecule has 0 N–H and O–H groups in total. The van der Waals surface area contributed by atoms with Crippen molar-refractivity contribution in [1.29, 1.82) is 0 Å². The van der Waals surface area contributed by atoms with Crippen LogP contribution < -0.4 is 14.4 Å². The van der Waals surface area contributed by atoms with Crippen molar-refractivity contribution in [3.63, 3.8) is 0 Å². The zero-order valence-corrected chi connectivity index (χ0v) is 19.7. The molecule has 0 aromatic heterocycles. The third kappa shape index (κ3) is 5.33. The van der Waals surface area contributed by atoms with E-state index in [0.29, 0.717) is 33.2 Å². The summed E-state index contributed by atoms with van der Waals surface area (Å²) in [5.41, 5.74) is 2.70. The van der Waals surface area contributed by atoms with E-state index in [-0.39, 0.29) is 5.91 Å². The monoisotopic (exact) mass is 481 g/mol. The predicted molar refractivity (Wildman–Crippen MR) is 136 cm³/mol. The third-order valence-corrected chi connectivity index (χ3v) is 6.26. The smallest absolute Gasteiger partial charge is 0.270 e. The van der Waals surface area contributed by atoms with Gasteiger partial charge in [0.05, 0.1) is 15.6 Å². The number of carbonyl (C=O) groups is 1. The number of benzene rings is 3. The molecule has 0 atom stereocenters. The zero-order chi connectivity index (χ0) is 22.5. The van der Waals surface area contributed by atoms with Crippen molar-refractivity contribution in [2.75, 3.05) is 18.1 Å². The number of amides is 1. The Morgan fingerprint density at radius 1 is 1.00 bits per heavy atom. The number of halogens is 1. The van der Waals surface area contributed by atoms with Crippen LogP contribution in [0.2, 0.25) is 5.02 Å². The highest BCUT2D eigenvalue weighted by Crippen LogP contribution is 2.36. The highest BCUT2D eigenvalue weighted by atomic mass is 35.5. The van der Waals surface area contributed by atoms with Gasteiger partial charge < -0.3 is 9.47 Å². The van der Waals surface area contributed by atoms with Crippen LogP contribution in [0.15, 0.2) is 77.7 Å². The van der Waals surface area contributed by atoms with E-state index < -0.39 is 0 Å². The Morgan fingerprint density at radius 2 is 1.78 bits per heavy atom. The van der Waals surface area contributed by atoms with Crippen LogP contribution >= 0.6 is 35.6 Å². The Morgan fingerprint density at radius 3 is 2.53 bits per heavy atom. The van der Waals surface area contributed by atoms with E-state index in [4.69, 9.17) is 33.3 Å². The van der Waals surface area contributed by atoms with Crippen molar-refractivity contribution in [2.45, 2.75) is 6.92 Å². The average molecular weight is 482 g/mol. The van der Waals surface area contributed by atoms with Crippen LogP contribution in [0.25, 0.3) is 6.08 Å². The van der Waals surface area contributed by atoms with Gasteiger partial charge >= 0.3 is 0 Å². The molecule has 4 rings (SSSR count). The van der Waals surface area contributed by atoms with Gasteiger partial charge in [-0.1, -0.05) is 72.0 Å². The van der Waals surface area contributed by atoms with Crippen LogP contribution in [0.5, 0.6) is 11.5 Å². The highest BCUT2D eigenvalue weighted by molar-refractivity contribution is 8.27. The van der Waals surface area contributed by atoms with Crippen LogP contribution in [0, 0.1) is 6.92 Å². The number of hydrogen-bond acceptors (Lipinski definition) is 5. The lowest BCUT2D eigenvalue weighted by Gasteiger charge is -2.13. The Bertz CT molecular complexity index is 1180. The molecule has 0 bridgehead atoms. The maximum atomic E-state index is 12.9. The van der Waals surface area contributed by atoms with Crippen LogP contribution in [0.3, 0.4) is 0 Å². The number of carbonyl (C=O) groups excluding carboxylic acids is 1. The van der Waals surface area contributed by atoms with E-state index in [1.54, 1.807) is 23.1 Å². The average Bonchev–Trinajstić information content (AvgIpc) is 3.06. The minimum atomic E-state index is -0.143.